The molecular formula is C20H34O3Si2. The predicted octanol–water partition coefficient (Wildman–Crippen LogP) is 5.49. The van der Waals surface area contributed by atoms with Crippen LogP contribution in [0.15, 0.2) is 6.07 Å². The Morgan fingerprint density at radius 3 is 1.80 bits per heavy atom. The van der Waals surface area contributed by atoms with Crippen molar-refractivity contribution in [2.45, 2.75) is 85.2 Å². The lowest BCUT2D eigenvalue weighted by Crippen LogP contribution is -2.28. The Labute approximate surface area is 157 Å². The molecule has 25 heavy (non-hydrogen) atoms. The largest absolute Gasteiger partial charge is 0.542 e. The van der Waals surface area contributed by atoms with Crippen LogP contribution < -0.4 is 4.43 Å². The fourth-order valence-corrected chi connectivity index (χ4v) is 4.10. The topological polar surface area (TPSA) is 35.5 Å². The Morgan fingerprint density at radius 1 is 0.920 bits per heavy atom. The number of aldehydes is 1. The molecule has 0 heterocycles. The Balaban J connectivity index is 3.85. The SMILES string of the molecule is C[Si](C)OCc1c(C=O)cc(O[Si](C)C)c(C(C)(C)C)c1C(C)(C)C. The van der Waals surface area contributed by atoms with Crippen molar-refractivity contribution in [2.24, 2.45) is 0 Å². The van der Waals surface area contributed by atoms with Gasteiger partial charge >= 0.3 is 0 Å². The molecule has 1 aromatic rings. The fourth-order valence-electron chi connectivity index (χ4n) is 3.07. The second-order valence-electron chi connectivity index (χ2n) is 9.02. The Bertz CT molecular complexity index is 609. The van der Waals surface area contributed by atoms with Gasteiger partial charge in [-0.05, 0) is 54.2 Å². The highest BCUT2D eigenvalue weighted by Gasteiger charge is 2.33. The number of hydrogen-bond acceptors (Lipinski definition) is 3. The molecular weight excluding hydrogens is 344 g/mol. The molecule has 0 spiro atoms. The third kappa shape index (κ3) is 5.79. The maximum atomic E-state index is 11.9. The smallest absolute Gasteiger partial charge is 0.274 e. The van der Waals surface area contributed by atoms with Crippen LogP contribution in [0.25, 0.3) is 0 Å². The predicted molar refractivity (Wildman–Crippen MR) is 110 cm³/mol. The first-order valence-corrected chi connectivity index (χ1v) is 13.7. The van der Waals surface area contributed by atoms with Gasteiger partial charge in [-0.3, -0.25) is 4.79 Å². The average Bonchev–Trinajstić information content (AvgIpc) is 2.41. The van der Waals surface area contributed by atoms with Gasteiger partial charge in [0.25, 0.3) is 9.04 Å². The van der Waals surface area contributed by atoms with Crippen molar-refractivity contribution in [1.82, 2.24) is 0 Å². The Morgan fingerprint density at radius 2 is 1.44 bits per heavy atom. The number of rotatable bonds is 6. The lowest BCUT2D eigenvalue weighted by Gasteiger charge is -2.35. The molecule has 1 aromatic carbocycles. The second kappa shape index (κ2) is 8.19. The van der Waals surface area contributed by atoms with Crippen LogP contribution >= 0.6 is 0 Å². The maximum absolute atomic E-state index is 11.9. The highest BCUT2D eigenvalue weighted by Crippen LogP contribution is 2.43. The van der Waals surface area contributed by atoms with Gasteiger partial charge in [0.2, 0.25) is 9.04 Å². The molecule has 1 rings (SSSR count). The minimum atomic E-state index is -0.935. The number of hydrogen-bond donors (Lipinski definition) is 0. The van der Waals surface area contributed by atoms with Crippen molar-refractivity contribution in [3.8, 4) is 5.75 Å². The zero-order valence-electron chi connectivity index (χ0n) is 17.6. The summed E-state index contributed by atoms with van der Waals surface area (Å²) in [6.07, 6.45) is 0.947. The van der Waals surface area contributed by atoms with Crippen LogP contribution in [0.1, 0.15) is 68.6 Å². The second-order valence-corrected chi connectivity index (χ2v) is 13.1. The lowest BCUT2D eigenvalue weighted by molar-refractivity contribution is 0.112. The first-order valence-electron chi connectivity index (χ1n) is 8.86. The van der Waals surface area contributed by atoms with Crippen molar-refractivity contribution < 1.29 is 13.6 Å². The summed E-state index contributed by atoms with van der Waals surface area (Å²) in [6, 6.07) is 1.93. The van der Waals surface area contributed by atoms with Crippen LogP contribution in [-0.4, -0.2) is 24.4 Å². The van der Waals surface area contributed by atoms with E-state index in [-0.39, 0.29) is 10.8 Å². The van der Waals surface area contributed by atoms with E-state index in [0.29, 0.717) is 12.2 Å². The van der Waals surface area contributed by atoms with Gasteiger partial charge in [-0.2, -0.15) is 0 Å². The summed E-state index contributed by atoms with van der Waals surface area (Å²) in [6.45, 7) is 22.2. The molecule has 140 valence electrons. The molecule has 0 N–H and O–H groups in total. The normalized spacial score (nSPS) is 12.8. The van der Waals surface area contributed by atoms with E-state index in [1.165, 1.54) is 11.1 Å². The van der Waals surface area contributed by atoms with Crippen molar-refractivity contribution in [3.05, 3.63) is 28.3 Å². The highest BCUT2D eigenvalue weighted by atomic mass is 28.3. The first-order chi connectivity index (χ1) is 11.3. The van der Waals surface area contributed by atoms with Crippen molar-refractivity contribution >= 4 is 24.4 Å². The van der Waals surface area contributed by atoms with E-state index < -0.39 is 18.1 Å². The van der Waals surface area contributed by atoms with Crippen LogP contribution in [0.4, 0.5) is 0 Å². The van der Waals surface area contributed by atoms with Crippen LogP contribution in [0, 0.1) is 0 Å². The van der Waals surface area contributed by atoms with Crippen LogP contribution in [0.5, 0.6) is 5.75 Å². The van der Waals surface area contributed by atoms with E-state index >= 15 is 0 Å². The van der Waals surface area contributed by atoms with Gasteiger partial charge in [-0.15, -0.1) is 0 Å². The zero-order valence-corrected chi connectivity index (χ0v) is 19.6. The van der Waals surface area contributed by atoms with Crippen LogP contribution in [0.2, 0.25) is 26.2 Å². The lowest BCUT2D eigenvalue weighted by atomic mass is 9.72. The minimum absolute atomic E-state index is 0.0857. The van der Waals surface area contributed by atoms with E-state index in [0.717, 1.165) is 17.6 Å². The van der Waals surface area contributed by atoms with Gasteiger partial charge in [0, 0.05) is 11.1 Å². The van der Waals surface area contributed by atoms with Gasteiger partial charge < -0.3 is 8.85 Å². The van der Waals surface area contributed by atoms with E-state index in [4.69, 9.17) is 8.85 Å². The molecule has 3 nitrogen and oxygen atoms in total. The fraction of sp³-hybridized carbons (Fsp3) is 0.650. The minimum Gasteiger partial charge on any atom is -0.542 e. The molecule has 0 bridgehead atoms. The van der Waals surface area contributed by atoms with E-state index in [9.17, 15) is 4.79 Å². The molecule has 0 saturated carbocycles. The van der Waals surface area contributed by atoms with Crippen molar-refractivity contribution in [3.63, 3.8) is 0 Å². The quantitative estimate of drug-likeness (QED) is 0.485. The molecule has 0 atom stereocenters. The summed E-state index contributed by atoms with van der Waals surface area (Å²) in [4.78, 5) is 11.9. The first kappa shape index (κ1) is 22.1. The molecule has 0 aliphatic rings. The van der Waals surface area contributed by atoms with E-state index in [2.05, 4.69) is 67.7 Å². The third-order valence-electron chi connectivity index (χ3n) is 3.88. The van der Waals surface area contributed by atoms with E-state index in [1.54, 1.807) is 0 Å². The van der Waals surface area contributed by atoms with Crippen LogP contribution in [0.3, 0.4) is 0 Å². The number of carbonyl (C=O) groups is 1. The van der Waals surface area contributed by atoms with Gasteiger partial charge in [0.15, 0.2) is 6.29 Å². The Kier molecular flexibility index (Phi) is 7.24. The molecule has 5 heteroatoms. The molecule has 0 amide bonds. The zero-order chi connectivity index (χ0) is 19.6. The summed E-state index contributed by atoms with van der Waals surface area (Å²) >= 11 is 0. The van der Waals surface area contributed by atoms with Crippen LogP contribution in [-0.2, 0) is 21.9 Å². The monoisotopic (exact) mass is 378 g/mol. The van der Waals surface area contributed by atoms with Gasteiger partial charge in [0.05, 0.1) is 6.61 Å². The van der Waals surface area contributed by atoms with Gasteiger partial charge in [-0.1, -0.05) is 41.5 Å². The molecule has 0 aliphatic heterocycles. The summed E-state index contributed by atoms with van der Waals surface area (Å²) in [5.41, 5.74) is 3.92. The highest BCUT2D eigenvalue weighted by molar-refractivity contribution is 6.49. The molecule has 0 aromatic heterocycles. The molecule has 2 radical (unpaired) electrons. The molecule has 0 saturated heterocycles. The van der Waals surface area contributed by atoms with E-state index in [1.807, 2.05) is 6.07 Å². The van der Waals surface area contributed by atoms with Crippen molar-refractivity contribution in [1.29, 1.82) is 0 Å². The summed E-state index contributed by atoms with van der Waals surface area (Å²) < 4.78 is 12.2. The van der Waals surface area contributed by atoms with Gasteiger partial charge in [-0.25, -0.2) is 0 Å². The van der Waals surface area contributed by atoms with Crippen molar-refractivity contribution in [2.75, 3.05) is 0 Å². The average molecular weight is 379 g/mol. The summed E-state index contributed by atoms with van der Waals surface area (Å²) in [5.74, 6) is 0.862. The third-order valence-corrected chi connectivity index (χ3v) is 5.23. The maximum Gasteiger partial charge on any atom is 0.274 e. The summed E-state index contributed by atoms with van der Waals surface area (Å²) in [7, 11) is -1.77. The molecule has 0 aliphatic carbocycles. The van der Waals surface area contributed by atoms with Gasteiger partial charge in [0.1, 0.15) is 5.75 Å². The molecule has 0 fully saturated rings. The standard InChI is InChI=1S/C20H34O3Si2/c1-19(2,3)17-15(13-22-24(7)8)14(12-21)11-16(23-25(9)10)18(17)20(4,5)6/h11-12H,13H2,1-10H3. The summed E-state index contributed by atoms with van der Waals surface area (Å²) in [5, 5.41) is 0. The number of carbonyl (C=O) groups excluding carboxylic acids is 1. The molecule has 0 unspecified atom stereocenters. The number of benzene rings is 1. The Hall–Kier alpha value is -0.916.